The maximum Gasteiger partial charge on any atom is 0.184 e. The fourth-order valence-electron chi connectivity index (χ4n) is 2.85. The Hall–Kier alpha value is -1.91. The van der Waals surface area contributed by atoms with Crippen molar-refractivity contribution >= 4 is 5.69 Å². The van der Waals surface area contributed by atoms with E-state index < -0.39 is 0 Å². The highest BCUT2D eigenvalue weighted by atomic mass is 15.5. The molecule has 1 aromatic heterocycles. The first kappa shape index (κ1) is 12.1. The number of nitrogens with two attached hydrogens (primary N) is 1. The molecule has 3 rings (SSSR count). The molecule has 1 aromatic carbocycles. The average molecular weight is 257 g/mol. The molecule has 100 valence electrons. The molecule has 2 N–H and O–H groups in total. The van der Waals surface area contributed by atoms with Crippen LogP contribution in [0.4, 0.5) is 5.69 Å². The maximum atomic E-state index is 5.99. The molecule has 0 amide bonds. The third kappa shape index (κ3) is 2.59. The quantitative estimate of drug-likeness (QED) is 0.854. The van der Waals surface area contributed by atoms with Crippen molar-refractivity contribution in [3.63, 3.8) is 0 Å². The SMILES string of the molecule is Nc1ccccc1-c1nnnn1CCC1CCCC1. The van der Waals surface area contributed by atoms with Crippen LogP contribution in [0.1, 0.15) is 32.1 Å². The zero-order valence-corrected chi connectivity index (χ0v) is 11.0. The van der Waals surface area contributed by atoms with Gasteiger partial charge in [0, 0.05) is 17.8 Å². The third-order valence-electron chi connectivity index (χ3n) is 3.96. The predicted molar refractivity (Wildman–Crippen MR) is 74.2 cm³/mol. The molecular weight excluding hydrogens is 238 g/mol. The summed E-state index contributed by atoms with van der Waals surface area (Å²) in [4.78, 5) is 0. The summed E-state index contributed by atoms with van der Waals surface area (Å²) >= 11 is 0. The molecule has 0 saturated heterocycles. The van der Waals surface area contributed by atoms with E-state index in [-0.39, 0.29) is 0 Å². The minimum Gasteiger partial charge on any atom is -0.398 e. The monoisotopic (exact) mass is 257 g/mol. The molecule has 0 unspecified atom stereocenters. The lowest BCUT2D eigenvalue weighted by Crippen LogP contribution is -2.07. The Labute approximate surface area is 112 Å². The largest absolute Gasteiger partial charge is 0.398 e. The Bertz CT molecular complexity index is 542. The van der Waals surface area contributed by atoms with Crippen LogP contribution in [-0.2, 0) is 6.54 Å². The van der Waals surface area contributed by atoms with E-state index in [1.165, 1.54) is 25.7 Å². The number of aromatic nitrogens is 4. The lowest BCUT2D eigenvalue weighted by atomic mass is 10.0. The molecule has 19 heavy (non-hydrogen) atoms. The molecule has 1 aliphatic carbocycles. The van der Waals surface area contributed by atoms with Crippen molar-refractivity contribution in [2.45, 2.75) is 38.6 Å². The van der Waals surface area contributed by atoms with E-state index in [4.69, 9.17) is 5.73 Å². The maximum absolute atomic E-state index is 5.99. The molecule has 0 atom stereocenters. The van der Waals surface area contributed by atoms with Crippen LogP contribution in [0.15, 0.2) is 24.3 Å². The number of aryl methyl sites for hydroxylation is 1. The van der Waals surface area contributed by atoms with Gasteiger partial charge in [-0.05, 0) is 34.9 Å². The summed E-state index contributed by atoms with van der Waals surface area (Å²) in [5.74, 6) is 1.61. The van der Waals surface area contributed by atoms with Crippen molar-refractivity contribution < 1.29 is 0 Å². The van der Waals surface area contributed by atoms with Gasteiger partial charge >= 0.3 is 0 Å². The van der Waals surface area contributed by atoms with Crippen molar-refractivity contribution in [2.75, 3.05) is 5.73 Å². The Balaban J connectivity index is 1.76. The number of hydrogen-bond donors (Lipinski definition) is 1. The van der Waals surface area contributed by atoms with Crippen LogP contribution in [0.3, 0.4) is 0 Å². The molecule has 0 aliphatic heterocycles. The second kappa shape index (κ2) is 5.38. The summed E-state index contributed by atoms with van der Waals surface area (Å²) in [7, 11) is 0. The van der Waals surface area contributed by atoms with Gasteiger partial charge in [-0.1, -0.05) is 37.8 Å². The Morgan fingerprint density at radius 3 is 2.79 bits per heavy atom. The van der Waals surface area contributed by atoms with Gasteiger partial charge in [-0.2, -0.15) is 0 Å². The van der Waals surface area contributed by atoms with Crippen molar-refractivity contribution in [3.05, 3.63) is 24.3 Å². The molecule has 1 aliphatic rings. The zero-order chi connectivity index (χ0) is 13.1. The van der Waals surface area contributed by atoms with E-state index in [1.807, 2.05) is 28.9 Å². The minimum atomic E-state index is 0.722. The van der Waals surface area contributed by atoms with Crippen molar-refractivity contribution in [3.8, 4) is 11.4 Å². The van der Waals surface area contributed by atoms with Gasteiger partial charge in [-0.3, -0.25) is 0 Å². The first-order valence-corrected chi connectivity index (χ1v) is 6.95. The first-order chi connectivity index (χ1) is 9.34. The van der Waals surface area contributed by atoms with E-state index >= 15 is 0 Å². The number of benzene rings is 1. The third-order valence-corrected chi connectivity index (χ3v) is 3.96. The number of para-hydroxylation sites is 1. The molecule has 0 bridgehead atoms. The summed E-state index contributed by atoms with van der Waals surface area (Å²) in [6.07, 6.45) is 6.61. The lowest BCUT2D eigenvalue weighted by molar-refractivity contribution is 0.436. The first-order valence-electron chi connectivity index (χ1n) is 6.95. The topological polar surface area (TPSA) is 69.6 Å². The number of nitrogen functional groups attached to an aromatic ring is 1. The smallest absolute Gasteiger partial charge is 0.184 e. The van der Waals surface area contributed by atoms with Gasteiger partial charge in [0.2, 0.25) is 0 Å². The second-order valence-electron chi connectivity index (χ2n) is 5.25. The minimum absolute atomic E-state index is 0.722. The Morgan fingerprint density at radius 2 is 2.00 bits per heavy atom. The van der Waals surface area contributed by atoms with Crippen molar-refractivity contribution in [1.82, 2.24) is 20.2 Å². The fourth-order valence-corrected chi connectivity index (χ4v) is 2.85. The Morgan fingerprint density at radius 1 is 1.21 bits per heavy atom. The molecule has 0 radical (unpaired) electrons. The van der Waals surface area contributed by atoms with Gasteiger partial charge in [-0.15, -0.1) is 5.10 Å². The highest BCUT2D eigenvalue weighted by Gasteiger charge is 2.17. The summed E-state index contributed by atoms with van der Waals surface area (Å²) < 4.78 is 1.88. The molecule has 1 fully saturated rings. The van der Waals surface area contributed by atoms with Crippen LogP contribution < -0.4 is 5.73 Å². The summed E-state index contributed by atoms with van der Waals surface area (Å²) in [6, 6.07) is 7.73. The van der Waals surface area contributed by atoms with E-state index in [0.717, 1.165) is 36.0 Å². The number of hydrogen-bond acceptors (Lipinski definition) is 4. The predicted octanol–water partition coefficient (Wildman–Crippen LogP) is 2.50. The normalized spacial score (nSPS) is 16.0. The fraction of sp³-hybridized carbons (Fsp3) is 0.500. The molecule has 2 aromatic rings. The summed E-state index contributed by atoms with van der Waals surface area (Å²) in [6.45, 7) is 0.876. The molecule has 5 nitrogen and oxygen atoms in total. The van der Waals surface area contributed by atoms with E-state index in [0.29, 0.717) is 0 Å². The molecule has 1 saturated carbocycles. The standard InChI is InChI=1S/C14H19N5/c15-13-8-4-3-7-12(13)14-16-17-18-19(14)10-9-11-5-1-2-6-11/h3-4,7-8,11H,1-2,5-6,9-10,15H2. The summed E-state index contributed by atoms with van der Waals surface area (Å²) in [5.41, 5.74) is 7.63. The molecular formula is C14H19N5. The van der Waals surface area contributed by atoms with Gasteiger partial charge in [0.25, 0.3) is 0 Å². The van der Waals surface area contributed by atoms with Gasteiger partial charge in [0.15, 0.2) is 5.82 Å². The second-order valence-corrected chi connectivity index (χ2v) is 5.25. The zero-order valence-electron chi connectivity index (χ0n) is 11.0. The molecule has 0 spiro atoms. The van der Waals surface area contributed by atoms with Gasteiger partial charge in [0.1, 0.15) is 0 Å². The van der Waals surface area contributed by atoms with Crippen LogP contribution in [-0.4, -0.2) is 20.2 Å². The van der Waals surface area contributed by atoms with Crippen LogP contribution in [0, 0.1) is 5.92 Å². The number of anilines is 1. The highest BCUT2D eigenvalue weighted by Crippen LogP contribution is 2.29. The average Bonchev–Trinajstić information content (AvgIpc) is 3.08. The summed E-state index contributed by atoms with van der Waals surface area (Å²) in [5, 5.41) is 12.0. The van der Waals surface area contributed by atoms with Crippen LogP contribution in [0.2, 0.25) is 0 Å². The lowest BCUT2D eigenvalue weighted by Gasteiger charge is -2.10. The van der Waals surface area contributed by atoms with Crippen LogP contribution in [0.5, 0.6) is 0 Å². The highest BCUT2D eigenvalue weighted by molar-refractivity contribution is 5.70. The van der Waals surface area contributed by atoms with E-state index in [1.54, 1.807) is 0 Å². The number of nitrogens with zero attached hydrogens (tertiary/aromatic N) is 4. The van der Waals surface area contributed by atoms with E-state index in [9.17, 15) is 0 Å². The van der Waals surface area contributed by atoms with Gasteiger partial charge in [-0.25, -0.2) is 4.68 Å². The Kier molecular flexibility index (Phi) is 3.44. The van der Waals surface area contributed by atoms with Gasteiger partial charge < -0.3 is 5.73 Å². The van der Waals surface area contributed by atoms with Crippen LogP contribution in [0.25, 0.3) is 11.4 Å². The van der Waals surface area contributed by atoms with Gasteiger partial charge in [0.05, 0.1) is 0 Å². The molecule has 1 heterocycles. The van der Waals surface area contributed by atoms with Crippen molar-refractivity contribution in [1.29, 1.82) is 0 Å². The van der Waals surface area contributed by atoms with Crippen molar-refractivity contribution in [2.24, 2.45) is 5.92 Å². The number of rotatable bonds is 4. The number of tetrazole rings is 1. The van der Waals surface area contributed by atoms with Crippen LogP contribution >= 0.6 is 0 Å². The van der Waals surface area contributed by atoms with E-state index in [2.05, 4.69) is 15.5 Å². The molecule has 5 heteroatoms.